The molecule has 0 aliphatic carbocycles. The fourth-order valence-electron chi connectivity index (χ4n) is 1.64. The molecule has 1 unspecified atom stereocenters. The number of nitrogens with zero attached hydrogens (tertiary/aromatic N) is 1. The monoisotopic (exact) mass is 298 g/mol. The van der Waals surface area contributed by atoms with Gasteiger partial charge < -0.3 is 15.2 Å². The highest BCUT2D eigenvalue weighted by atomic mass is 32.2. The van der Waals surface area contributed by atoms with Crippen molar-refractivity contribution in [2.24, 2.45) is 5.92 Å². The first-order chi connectivity index (χ1) is 9.51. The van der Waals surface area contributed by atoms with E-state index in [0.29, 0.717) is 22.1 Å². The number of carbonyl (C=O) groups excluding carboxylic acids is 1. The van der Waals surface area contributed by atoms with E-state index in [0.717, 1.165) is 0 Å². The lowest BCUT2D eigenvalue weighted by Crippen LogP contribution is -2.25. The molecule has 0 spiro atoms. The molecule has 0 radical (unpaired) electrons. The van der Waals surface area contributed by atoms with Gasteiger partial charge in [-0.25, -0.2) is 0 Å². The number of nitrogens with one attached hydrogen (secondary N) is 1. The Hall–Kier alpha value is -1.80. The van der Waals surface area contributed by atoms with Crippen molar-refractivity contribution in [3.8, 4) is 5.75 Å². The SMILES string of the molecule is CC(CO)CSc1cc2c(cc1[N+](=O)[O-])OCC(=O)N2. The topological polar surface area (TPSA) is 102 Å². The molecular formula is C12H14N2O5S. The van der Waals surface area contributed by atoms with Crippen LogP contribution in [-0.4, -0.2) is 34.9 Å². The second-order valence-corrected chi connectivity index (χ2v) is 5.57. The average Bonchev–Trinajstić information content (AvgIpc) is 2.43. The molecule has 2 rings (SSSR count). The first-order valence-corrected chi connectivity index (χ1v) is 6.98. The van der Waals surface area contributed by atoms with Crippen LogP contribution >= 0.6 is 11.8 Å². The number of thioether (sulfide) groups is 1. The second kappa shape index (κ2) is 6.10. The van der Waals surface area contributed by atoms with E-state index in [9.17, 15) is 14.9 Å². The molecule has 8 heteroatoms. The number of hydrogen-bond donors (Lipinski definition) is 2. The fourth-order valence-corrected chi connectivity index (χ4v) is 2.69. The number of rotatable bonds is 5. The minimum atomic E-state index is -0.480. The molecule has 1 heterocycles. The van der Waals surface area contributed by atoms with Crippen molar-refractivity contribution < 1.29 is 19.6 Å². The standard InChI is InChI=1S/C12H14N2O5S/c1-7(4-15)6-20-11-2-8-10(3-9(11)14(17)18)19-5-12(16)13-8/h2-3,7,15H,4-6H2,1H3,(H,13,16). The number of fused-ring (bicyclic) bond motifs is 1. The summed E-state index contributed by atoms with van der Waals surface area (Å²) in [6, 6.07) is 2.86. The number of aliphatic hydroxyl groups is 1. The van der Waals surface area contributed by atoms with Gasteiger partial charge in [0.2, 0.25) is 0 Å². The van der Waals surface area contributed by atoms with Gasteiger partial charge in [-0.15, -0.1) is 11.8 Å². The van der Waals surface area contributed by atoms with Crippen LogP contribution in [0.3, 0.4) is 0 Å². The average molecular weight is 298 g/mol. The Kier molecular flexibility index (Phi) is 4.46. The Morgan fingerprint density at radius 3 is 3.00 bits per heavy atom. The summed E-state index contributed by atoms with van der Waals surface area (Å²) >= 11 is 1.27. The smallest absolute Gasteiger partial charge is 0.286 e. The number of ether oxygens (including phenoxy) is 1. The minimum Gasteiger partial charge on any atom is -0.481 e. The van der Waals surface area contributed by atoms with Crippen molar-refractivity contribution in [3.05, 3.63) is 22.2 Å². The molecule has 1 aromatic rings. The van der Waals surface area contributed by atoms with Crippen LogP contribution in [0.1, 0.15) is 6.92 Å². The molecule has 0 saturated carbocycles. The molecule has 0 saturated heterocycles. The summed E-state index contributed by atoms with van der Waals surface area (Å²) in [6.45, 7) is 1.73. The number of hydrogen-bond acceptors (Lipinski definition) is 6. The Labute approximate surface area is 119 Å². The molecule has 1 amide bonds. The van der Waals surface area contributed by atoms with E-state index in [-0.39, 0.29) is 30.7 Å². The number of benzene rings is 1. The van der Waals surface area contributed by atoms with Crippen LogP contribution in [0.25, 0.3) is 0 Å². The number of amides is 1. The number of nitro benzene ring substituents is 1. The van der Waals surface area contributed by atoms with E-state index in [4.69, 9.17) is 9.84 Å². The van der Waals surface area contributed by atoms with E-state index in [2.05, 4.69) is 5.32 Å². The Balaban J connectivity index is 2.30. The van der Waals surface area contributed by atoms with Gasteiger partial charge in [-0.3, -0.25) is 14.9 Å². The molecule has 2 N–H and O–H groups in total. The Bertz CT molecular complexity index is 549. The zero-order valence-corrected chi connectivity index (χ0v) is 11.6. The third-order valence-electron chi connectivity index (χ3n) is 2.73. The highest BCUT2D eigenvalue weighted by Crippen LogP contribution is 2.39. The zero-order valence-electron chi connectivity index (χ0n) is 10.8. The molecule has 20 heavy (non-hydrogen) atoms. The minimum absolute atomic E-state index is 0.0194. The normalized spacial score (nSPS) is 15.0. The highest BCUT2D eigenvalue weighted by molar-refractivity contribution is 7.99. The molecule has 1 atom stereocenters. The molecule has 108 valence electrons. The van der Waals surface area contributed by atoms with E-state index in [1.54, 1.807) is 6.07 Å². The van der Waals surface area contributed by atoms with Crippen molar-refractivity contribution in [1.82, 2.24) is 0 Å². The summed E-state index contributed by atoms with van der Waals surface area (Å²) < 4.78 is 5.16. The van der Waals surface area contributed by atoms with E-state index < -0.39 is 4.92 Å². The third kappa shape index (κ3) is 3.20. The van der Waals surface area contributed by atoms with Gasteiger partial charge in [0.25, 0.3) is 11.6 Å². The Morgan fingerprint density at radius 1 is 1.60 bits per heavy atom. The summed E-state index contributed by atoms with van der Waals surface area (Å²) in [6.07, 6.45) is 0. The van der Waals surface area contributed by atoms with Gasteiger partial charge in [-0.1, -0.05) is 6.92 Å². The van der Waals surface area contributed by atoms with E-state index in [1.807, 2.05) is 6.92 Å². The van der Waals surface area contributed by atoms with Crippen molar-refractivity contribution in [3.63, 3.8) is 0 Å². The fraction of sp³-hybridized carbons (Fsp3) is 0.417. The maximum absolute atomic E-state index is 11.3. The number of carbonyl (C=O) groups is 1. The van der Waals surface area contributed by atoms with Gasteiger partial charge in [0.15, 0.2) is 12.4 Å². The van der Waals surface area contributed by atoms with E-state index in [1.165, 1.54) is 17.8 Å². The van der Waals surface area contributed by atoms with Crippen LogP contribution < -0.4 is 10.1 Å². The molecule has 1 aliphatic heterocycles. The summed E-state index contributed by atoms with van der Waals surface area (Å²) in [5, 5.41) is 22.7. The maximum Gasteiger partial charge on any atom is 0.286 e. The summed E-state index contributed by atoms with van der Waals surface area (Å²) in [4.78, 5) is 22.3. The lowest BCUT2D eigenvalue weighted by molar-refractivity contribution is -0.387. The largest absolute Gasteiger partial charge is 0.481 e. The van der Waals surface area contributed by atoms with Crippen LogP contribution in [0.15, 0.2) is 17.0 Å². The van der Waals surface area contributed by atoms with Gasteiger partial charge in [0.1, 0.15) is 0 Å². The van der Waals surface area contributed by atoms with E-state index >= 15 is 0 Å². The summed E-state index contributed by atoms with van der Waals surface area (Å²) in [5.74, 6) is 0.591. The lowest BCUT2D eigenvalue weighted by Gasteiger charge is -2.18. The summed E-state index contributed by atoms with van der Waals surface area (Å²) in [5.41, 5.74) is 0.376. The number of anilines is 1. The van der Waals surface area contributed by atoms with Crippen molar-refractivity contribution >= 4 is 29.0 Å². The van der Waals surface area contributed by atoms with Crippen LogP contribution in [0.2, 0.25) is 0 Å². The van der Waals surface area contributed by atoms with Crippen LogP contribution in [-0.2, 0) is 4.79 Å². The molecule has 7 nitrogen and oxygen atoms in total. The van der Waals surface area contributed by atoms with Crippen LogP contribution in [0, 0.1) is 16.0 Å². The van der Waals surface area contributed by atoms with Gasteiger partial charge in [-0.05, 0) is 12.0 Å². The quantitative estimate of drug-likeness (QED) is 0.487. The van der Waals surface area contributed by atoms with Crippen molar-refractivity contribution in [1.29, 1.82) is 0 Å². The molecular weight excluding hydrogens is 284 g/mol. The predicted molar refractivity (Wildman–Crippen MR) is 74.2 cm³/mol. The number of aliphatic hydroxyl groups excluding tert-OH is 1. The molecule has 0 fully saturated rings. The molecule has 0 aromatic heterocycles. The van der Waals surface area contributed by atoms with Gasteiger partial charge in [0.05, 0.1) is 21.6 Å². The molecule has 0 bridgehead atoms. The first kappa shape index (κ1) is 14.6. The predicted octanol–water partition coefficient (Wildman–Crippen LogP) is 1.65. The maximum atomic E-state index is 11.3. The van der Waals surface area contributed by atoms with Crippen LogP contribution in [0.5, 0.6) is 5.75 Å². The molecule has 1 aromatic carbocycles. The van der Waals surface area contributed by atoms with Crippen molar-refractivity contribution in [2.75, 3.05) is 24.3 Å². The second-order valence-electron chi connectivity index (χ2n) is 4.51. The summed E-state index contributed by atoms with van der Waals surface area (Å²) in [7, 11) is 0. The molecule has 1 aliphatic rings. The Morgan fingerprint density at radius 2 is 2.35 bits per heavy atom. The van der Waals surface area contributed by atoms with Gasteiger partial charge >= 0.3 is 0 Å². The highest BCUT2D eigenvalue weighted by Gasteiger charge is 2.24. The van der Waals surface area contributed by atoms with Gasteiger partial charge in [0, 0.05) is 12.4 Å². The third-order valence-corrected chi connectivity index (χ3v) is 4.10. The first-order valence-electron chi connectivity index (χ1n) is 6.00. The van der Waals surface area contributed by atoms with Crippen LogP contribution in [0.4, 0.5) is 11.4 Å². The lowest BCUT2D eigenvalue weighted by atomic mass is 10.2. The zero-order chi connectivity index (χ0) is 14.7. The van der Waals surface area contributed by atoms with Crippen molar-refractivity contribution in [2.45, 2.75) is 11.8 Å². The number of nitro groups is 1. The van der Waals surface area contributed by atoms with Gasteiger partial charge in [-0.2, -0.15) is 0 Å².